The molecule has 0 spiro atoms. The summed E-state index contributed by atoms with van der Waals surface area (Å²) in [6.07, 6.45) is 5.78. The van der Waals surface area contributed by atoms with Gasteiger partial charge in [-0.3, -0.25) is 14.8 Å². The largest absolute Gasteiger partial charge is 0.369 e. The number of carbonyl (C=O) groups excluding carboxylic acids is 1. The van der Waals surface area contributed by atoms with E-state index in [4.69, 9.17) is 9.72 Å². The summed E-state index contributed by atoms with van der Waals surface area (Å²) in [6.45, 7) is 3.32. The van der Waals surface area contributed by atoms with Crippen LogP contribution in [-0.4, -0.2) is 45.5 Å². The number of fused-ring (bicyclic) bond motifs is 1. The Morgan fingerprint density at radius 3 is 2.92 bits per heavy atom. The number of nitrogens with zero attached hydrogens (tertiary/aromatic N) is 4. The van der Waals surface area contributed by atoms with Gasteiger partial charge < -0.3 is 20.7 Å². The first-order chi connectivity index (χ1) is 17.6. The molecule has 1 aromatic carbocycles. The second-order valence-electron chi connectivity index (χ2n) is 8.21. The Kier molecular flexibility index (Phi) is 6.87. The smallest absolute Gasteiger partial charge is 0.250 e. The van der Waals surface area contributed by atoms with E-state index >= 15 is 0 Å². The highest BCUT2D eigenvalue weighted by molar-refractivity contribution is 6.00. The lowest BCUT2D eigenvalue weighted by Gasteiger charge is -2.24. The van der Waals surface area contributed by atoms with Crippen LogP contribution in [-0.2, 0) is 9.53 Å². The number of anilines is 3. The molecule has 1 saturated heterocycles. The van der Waals surface area contributed by atoms with E-state index in [2.05, 4.69) is 30.9 Å². The van der Waals surface area contributed by atoms with Crippen molar-refractivity contribution in [2.75, 3.05) is 30.3 Å². The number of ether oxygens (including phenoxy) is 1. The zero-order valence-corrected chi connectivity index (χ0v) is 19.5. The maximum absolute atomic E-state index is 13.1. The van der Waals surface area contributed by atoms with E-state index in [0.717, 1.165) is 35.0 Å². The average Bonchev–Trinajstić information content (AvgIpc) is 2.89. The van der Waals surface area contributed by atoms with Gasteiger partial charge in [-0.1, -0.05) is 18.2 Å². The van der Waals surface area contributed by atoms with Crippen molar-refractivity contribution in [1.29, 1.82) is 0 Å². The molecule has 1 atom stereocenters. The third kappa shape index (κ3) is 5.35. The predicted octanol–water partition coefficient (Wildman–Crippen LogP) is 4.30. The van der Waals surface area contributed by atoms with Gasteiger partial charge >= 0.3 is 0 Å². The number of para-hydroxylation sites is 1. The van der Waals surface area contributed by atoms with Crippen LogP contribution in [0, 0.1) is 0 Å². The molecule has 9 nitrogen and oxygen atoms in total. The van der Waals surface area contributed by atoms with Crippen LogP contribution in [0.2, 0.25) is 0 Å². The van der Waals surface area contributed by atoms with E-state index in [9.17, 15) is 9.18 Å². The Labute approximate surface area is 206 Å². The van der Waals surface area contributed by atoms with E-state index in [1.165, 1.54) is 6.92 Å². The summed E-state index contributed by atoms with van der Waals surface area (Å²) in [7, 11) is 0. The number of pyridine rings is 2. The van der Waals surface area contributed by atoms with Crippen LogP contribution in [0.4, 0.5) is 21.7 Å². The minimum absolute atomic E-state index is 0.170. The van der Waals surface area contributed by atoms with Crippen molar-refractivity contribution in [1.82, 2.24) is 25.3 Å². The van der Waals surface area contributed by atoms with Crippen LogP contribution in [0.3, 0.4) is 0 Å². The molecule has 182 valence electrons. The summed E-state index contributed by atoms with van der Waals surface area (Å²) in [4.78, 5) is 30.2. The fraction of sp³-hybridized carbons (Fsp3) is 0.192. The molecular weight excluding hydrogens is 461 g/mol. The Hall–Kier alpha value is -4.28. The molecule has 5 rings (SSSR count). The zero-order chi connectivity index (χ0) is 24.9. The topological polar surface area (TPSA) is 114 Å². The maximum atomic E-state index is 13.1. The number of morpholine rings is 1. The van der Waals surface area contributed by atoms with Gasteiger partial charge in [0.05, 0.1) is 29.2 Å². The minimum atomic E-state index is -0.573. The van der Waals surface area contributed by atoms with E-state index in [1.54, 1.807) is 30.7 Å². The molecule has 1 aliphatic rings. The second kappa shape index (κ2) is 10.5. The van der Waals surface area contributed by atoms with E-state index in [-0.39, 0.29) is 6.10 Å². The predicted molar refractivity (Wildman–Crippen MR) is 135 cm³/mol. The molecule has 3 N–H and O–H groups in total. The Morgan fingerprint density at radius 2 is 2.08 bits per heavy atom. The number of allylic oxidation sites excluding steroid dienone is 1. The van der Waals surface area contributed by atoms with Crippen molar-refractivity contribution in [3.63, 3.8) is 0 Å². The summed E-state index contributed by atoms with van der Waals surface area (Å²) >= 11 is 0. The highest BCUT2D eigenvalue weighted by atomic mass is 19.1. The Balaban J connectivity index is 1.47. The summed E-state index contributed by atoms with van der Waals surface area (Å²) in [5.41, 5.74) is 4.09. The third-order valence-electron chi connectivity index (χ3n) is 5.56. The SMILES string of the molecule is C/C(F)=C\C(=O)Nc1ccnc(-c2cccc3cnc(Nc4cccnc4C4CNCCO4)nc23)c1. The average molecular weight is 486 g/mol. The maximum Gasteiger partial charge on any atom is 0.250 e. The van der Waals surface area contributed by atoms with Gasteiger partial charge in [-0.15, -0.1) is 0 Å². The molecule has 4 aromatic rings. The van der Waals surface area contributed by atoms with Crippen LogP contribution in [0.15, 0.2) is 73.0 Å². The van der Waals surface area contributed by atoms with E-state index < -0.39 is 11.7 Å². The van der Waals surface area contributed by atoms with Crippen molar-refractivity contribution < 1.29 is 13.9 Å². The molecule has 4 heterocycles. The first kappa shape index (κ1) is 23.5. The number of rotatable bonds is 6. The lowest BCUT2D eigenvalue weighted by atomic mass is 10.1. The molecule has 1 unspecified atom stereocenters. The normalized spacial score (nSPS) is 16.1. The minimum Gasteiger partial charge on any atom is -0.369 e. The number of hydrogen-bond donors (Lipinski definition) is 3. The van der Waals surface area contributed by atoms with Gasteiger partial charge in [0, 0.05) is 54.4 Å². The Bertz CT molecular complexity index is 1430. The van der Waals surface area contributed by atoms with Gasteiger partial charge in [0.15, 0.2) is 0 Å². The standard InChI is InChI=1S/C26H24FN7O2/c1-16(27)12-23(35)32-18-7-9-29-21(13-18)19-5-2-4-17-14-31-26(34-24(17)19)33-20-6-3-8-30-25(20)22-15-28-10-11-36-22/h2-9,12-14,22,28H,10-11,15H2,1H3,(H,29,32,35)(H,31,33,34)/b16-12+. The van der Waals surface area contributed by atoms with Gasteiger partial charge in [-0.25, -0.2) is 14.4 Å². The lowest BCUT2D eigenvalue weighted by Crippen LogP contribution is -2.34. The molecule has 0 aliphatic carbocycles. The third-order valence-corrected chi connectivity index (χ3v) is 5.56. The monoisotopic (exact) mass is 485 g/mol. The number of nitrogens with one attached hydrogen (secondary N) is 3. The van der Waals surface area contributed by atoms with Gasteiger partial charge in [0.2, 0.25) is 5.95 Å². The first-order valence-corrected chi connectivity index (χ1v) is 11.5. The molecule has 0 radical (unpaired) electrons. The van der Waals surface area contributed by atoms with Crippen LogP contribution in [0.5, 0.6) is 0 Å². The Morgan fingerprint density at radius 1 is 1.17 bits per heavy atom. The second-order valence-corrected chi connectivity index (χ2v) is 8.21. The van der Waals surface area contributed by atoms with Crippen LogP contribution < -0.4 is 16.0 Å². The molecule has 0 saturated carbocycles. The molecule has 3 aromatic heterocycles. The fourth-order valence-electron chi connectivity index (χ4n) is 3.98. The molecule has 1 amide bonds. The number of benzene rings is 1. The van der Waals surface area contributed by atoms with Gasteiger partial charge in [-0.05, 0) is 31.2 Å². The molecule has 0 bridgehead atoms. The van der Waals surface area contributed by atoms with Gasteiger partial charge in [0.1, 0.15) is 11.9 Å². The molecule has 1 fully saturated rings. The zero-order valence-electron chi connectivity index (χ0n) is 19.5. The summed E-state index contributed by atoms with van der Waals surface area (Å²) in [5.74, 6) is -0.722. The summed E-state index contributed by atoms with van der Waals surface area (Å²) in [5, 5.41) is 10.1. The number of hydrogen-bond acceptors (Lipinski definition) is 8. The highest BCUT2D eigenvalue weighted by Gasteiger charge is 2.21. The number of amides is 1. The highest BCUT2D eigenvalue weighted by Crippen LogP contribution is 2.30. The lowest BCUT2D eigenvalue weighted by molar-refractivity contribution is -0.112. The van der Waals surface area contributed by atoms with E-state index in [1.807, 2.05) is 30.3 Å². The molecule has 36 heavy (non-hydrogen) atoms. The summed E-state index contributed by atoms with van der Waals surface area (Å²) in [6, 6.07) is 12.8. The van der Waals surface area contributed by atoms with E-state index in [0.29, 0.717) is 36.0 Å². The van der Waals surface area contributed by atoms with Crippen molar-refractivity contribution in [3.8, 4) is 11.3 Å². The van der Waals surface area contributed by atoms with Crippen LogP contribution in [0.1, 0.15) is 18.7 Å². The van der Waals surface area contributed by atoms with Crippen LogP contribution >= 0.6 is 0 Å². The van der Waals surface area contributed by atoms with Crippen molar-refractivity contribution >= 4 is 34.1 Å². The number of aromatic nitrogens is 4. The van der Waals surface area contributed by atoms with Crippen LogP contribution in [0.25, 0.3) is 22.2 Å². The quantitative estimate of drug-likeness (QED) is 0.347. The number of carbonyl (C=O) groups is 1. The number of halogens is 1. The molecule has 1 aliphatic heterocycles. The van der Waals surface area contributed by atoms with Gasteiger partial charge in [-0.2, -0.15) is 0 Å². The van der Waals surface area contributed by atoms with Crippen molar-refractivity contribution in [2.45, 2.75) is 13.0 Å². The van der Waals surface area contributed by atoms with Crippen molar-refractivity contribution in [3.05, 3.63) is 78.7 Å². The van der Waals surface area contributed by atoms with Gasteiger partial charge in [0.25, 0.3) is 5.91 Å². The van der Waals surface area contributed by atoms with Crippen molar-refractivity contribution in [2.24, 2.45) is 0 Å². The molecule has 10 heteroatoms. The fourth-order valence-corrected chi connectivity index (χ4v) is 3.98. The first-order valence-electron chi connectivity index (χ1n) is 11.5. The molecular formula is C26H24FN7O2. The summed E-state index contributed by atoms with van der Waals surface area (Å²) < 4.78 is 18.9.